The van der Waals surface area contributed by atoms with Crippen LogP contribution in [0.2, 0.25) is 0 Å². The van der Waals surface area contributed by atoms with Gasteiger partial charge >= 0.3 is 0 Å². The Bertz CT molecular complexity index is 1100. The number of hydrogen-bond acceptors (Lipinski definition) is 6. The number of benzene rings is 2. The first-order valence-corrected chi connectivity index (χ1v) is 10.6. The van der Waals surface area contributed by atoms with Crippen LogP contribution < -0.4 is 24.8 Å². The molecule has 1 aromatic heterocycles. The Kier molecular flexibility index (Phi) is 8.29. The molecule has 3 rings (SSSR count). The molecule has 0 fully saturated rings. The predicted molar refractivity (Wildman–Crippen MR) is 125 cm³/mol. The number of hydrogen-bond donors (Lipinski definition) is 2. The molecule has 0 radical (unpaired) electrons. The summed E-state index contributed by atoms with van der Waals surface area (Å²) in [6.07, 6.45) is 3.65. The van der Waals surface area contributed by atoms with Crippen molar-refractivity contribution in [2.75, 3.05) is 31.5 Å². The Labute approximate surface area is 192 Å². The second-order valence-electron chi connectivity index (χ2n) is 7.15. The first-order valence-electron chi connectivity index (χ1n) is 10.6. The summed E-state index contributed by atoms with van der Waals surface area (Å²) >= 11 is 0. The lowest BCUT2D eigenvalue weighted by Crippen LogP contribution is -2.21. The molecule has 0 spiro atoms. The number of rotatable bonds is 11. The highest BCUT2D eigenvalue weighted by atomic mass is 16.5. The van der Waals surface area contributed by atoms with Gasteiger partial charge in [-0.1, -0.05) is 25.5 Å². The molecule has 0 bridgehead atoms. The third kappa shape index (κ3) is 6.25. The number of carbonyl (C=O) groups is 2. The Morgan fingerprint density at radius 1 is 0.970 bits per heavy atom. The predicted octanol–water partition coefficient (Wildman–Crippen LogP) is 3.97. The molecule has 0 unspecified atom stereocenters. The number of unbranched alkanes of at least 4 members (excludes halogenated alkanes) is 1. The van der Waals surface area contributed by atoms with E-state index < -0.39 is 0 Å². The molecular weight excluding hydrogens is 424 g/mol. The van der Waals surface area contributed by atoms with E-state index in [-0.39, 0.29) is 18.4 Å². The molecule has 1 heterocycles. The van der Waals surface area contributed by atoms with Gasteiger partial charge in [0.05, 0.1) is 26.1 Å². The third-order valence-electron chi connectivity index (χ3n) is 4.85. The van der Waals surface area contributed by atoms with E-state index in [1.165, 1.54) is 14.2 Å². The van der Waals surface area contributed by atoms with Crippen molar-refractivity contribution in [3.8, 4) is 17.2 Å². The number of methoxy groups -OCH3 is 2. The highest BCUT2D eigenvalue weighted by molar-refractivity contribution is 6.04. The largest absolute Gasteiger partial charge is 0.495 e. The number of amides is 2. The number of carbonyl (C=O) groups excluding carboxylic acids is 2. The molecule has 9 heteroatoms. The normalized spacial score (nSPS) is 10.4. The highest BCUT2D eigenvalue weighted by Gasteiger charge is 2.15. The van der Waals surface area contributed by atoms with Crippen LogP contribution in [-0.4, -0.2) is 42.4 Å². The van der Waals surface area contributed by atoms with E-state index in [1.54, 1.807) is 53.3 Å². The van der Waals surface area contributed by atoms with Crippen molar-refractivity contribution in [2.45, 2.75) is 26.3 Å². The second kappa shape index (κ2) is 11.6. The Balaban J connectivity index is 1.63. The fourth-order valence-electron chi connectivity index (χ4n) is 3.12. The molecule has 0 aliphatic carbocycles. The summed E-state index contributed by atoms with van der Waals surface area (Å²) in [7, 11) is 3.00. The van der Waals surface area contributed by atoms with Crippen molar-refractivity contribution in [3.63, 3.8) is 0 Å². The Morgan fingerprint density at radius 3 is 2.52 bits per heavy atom. The van der Waals surface area contributed by atoms with Gasteiger partial charge in [-0.2, -0.15) is 5.10 Å². The smallest absolute Gasteiger partial charge is 0.262 e. The summed E-state index contributed by atoms with van der Waals surface area (Å²) in [5.74, 6) is 1.20. The molecule has 33 heavy (non-hydrogen) atoms. The Hall–Kier alpha value is -4.01. The molecule has 2 aromatic carbocycles. The van der Waals surface area contributed by atoms with Crippen LogP contribution in [0.25, 0.3) is 0 Å². The molecule has 2 amide bonds. The maximum absolute atomic E-state index is 12.7. The van der Waals surface area contributed by atoms with Gasteiger partial charge in [0.1, 0.15) is 11.6 Å². The number of aryl methyl sites for hydroxylation is 1. The first-order chi connectivity index (χ1) is 16.0. The van der Waals surface area contributed by atoms with Gasteiger partial charge in [0.2, 0.25) is 0 Å². The van der Waals surface area contributed by atoms with Gasteiger partial charge in [0.25, 0.3) is 11.8 Å². The molecule has 0 atom stereocenters. The monoisotopic (exact) mass is 452 g/mol. The molecule has 0 aliphatic heterocycles. The van der Waals surface area contributed by atoms with Crippen molar-refractivity contribution in [2.24, 2.45) is 0 Å². The number of anilines is 2. The standard InChI is InChI=1S/C24H28N4O5/c1-4-5-14-28-22(12-13-25-28)27-24(30)17-10-11-20(21(15-17)32-3)33-16-23(29)26-18-8-6-7-9-19(18)31-2/h6-13,15H,4-5,14,16H2,1-3H3,(H,26,29)(H,27,30). The van der Waals surface area contributed by atoms with Crippen LogP contribution in [0.1, 0.15) is 30.1 Å². The second-order valence-corrected chi connectivity index (χ2v) is 7.15. The zero-order valence-electron chi connectivity index (χ0n) is 19.0. The quantitative estimate of drug-likeness (QED) is 0.456. The Morgan fingerprint density at radius 2 is 1.76 bits per heavy atom. The van der Waals surface area contributed by atoms with E-state index in [9.17, 15) is 9.59 Å². The summed E-state index contributed by atoms with van der Waals surface area (Å²) in [6, 6.07) is 13.6. The number of nitrogens with one attached hydrogen (secondary N) is 2. The fraction of sp³-hybridized carbons (Fsp3) is 0.292. The van der Waals surface area contributed by atoms with Crippen molar-refractivity contribution < 1.29 is 23.8 Å². The number of nitrogens with zero attached hydrogens (tertiary/aromatic N) is 2. The van der Waals surface area contributed by atoms with E-state index in [0.717, 1.165) is 19.4 Å². The van der Waals surface area contributed by atoms with E-state index in [1.807, 2.05) is 6.07 Å². The zero-order valence-corrected chi connectivity index (χ0v) is 19.0. The first kappa shape index (κ1) is 23.6. The van der Waals surface area contributed by atoms with Crippen molar-refractivity contribution >= 4 is 23.3 Å². The molecule has 3 aromatic rings. The third-order valence-corrected chi connectivity index (χ3v) is 4.85. The topological polar surface area (TPSA) is 104 Å². The SMILES string of the molecule is CCCCn1nccc1NC(=O)c1ccc(OCC(=O)Nc2ccccc2OC)c(OC)c1. The van der Waals surface area contributed by atoms with Crippen LogP contribution in [0.15, 0.2) is 54.7 Å². The summed E-state index contributed by atoms with van der Waals surface area (Å²) in [4.78, 5) is 25.0. The average Bonchev–Trinajstić information content (AvgIpc) is 3.28. The van der Waals surface area contributed by atoms with Crippen LogP contribution in [-0.2, 0) is 11.3 Å². The lowest BCUT2D eigenvalue weighted by Gasteiger charge is -2.13. The highest BCUT2D eigenvalue weighted by Crippen LogP contribution is 2.29. The van der Waals surface area contributed by atoms with Crippen LogP contribution in [0.4, 0.5) is 11.5 Å². The lowest BCUT2D eigenvalue weighted by atomic mass is 10.2. The van der Waals surface area contributed by atoms with E-state index in [4.69, 9.17) is 14.2 Å². The number of ether oxygens (including phenoxy) is 3. The van der Waals surface area contributed by atoms with Gasteiger partial charge in [-0.25, -0.2) is 4.68 Å². The van der Waals surface area contributed by atoms with Crippen molar-refractivity contribution in [1.29, 1.82) is 0 Å². The van der Waals surface area contributed by atoms with Crippen LogP contribution in [0.3, 0.4) is 0 Å². The maximum Gasteiger partial charge on any atom is 0.262 e. The van der Waals surface area contributed by atoms with Gasteiger partial charge in [-0.15, -0.1) is 0 Å². The molecule has 2 N–H and O–H groups in total. The summed E-state index contributed by atoms with van der Waals surface area (Å²) in [5, 5.41) is 9.85. The fourth-order valence-corrected chi connectivity index (χ4v) is 3.12. The van der Waals surface area contributed by atoms with Gasteiger partial charge in [0.15, 0.2) is 18.1 Å². The number of para-hydroxylation sites is 2. The van der Waals surface area contributed by atoms with Gasteiger partial charge < -0.3 is 24.8 Å². The molecule has 174 valence electrons. The van der Waals surface area contributed by atoms with Crippen molar-refractivity contribution in [1.82, 2.24) is 9.78 Å². The molecule has 9 nitrogen and oxygen atoms in total. The van der Waals surface area contributed by atoms with Crippen LogP contribution >= 0.6 is 0 Å². The molecule has 0 saturated carbocycles. The summed E-state index contributed by atoms with van der Waals surface area (Å²) in [5.41, 5.74) is 0.937. The lowest BCUT2D eigenvalue weighted by molar-refractivity contribution is -0.118. The maximum atomic E-state index is 12.7. The van der Waals surface area contributed by atoms with Crippen LogP contribution in [0.5, 0.6) is 17.2 Å². The average molecular weight is 453 g/mol. The molecule has 0 aliphatic rings. The van der Waals surface area contributed by atoms with Crippen molar-refractivity contribution in [3.05, 3.63) is 60.3 Å². The summed E-state index contributed by atoms with van der Waals surface area (Å²) in [6.45, 7) is 2.59. The van der Waals surface area contributed by atoms with Gasteiger partial charge in [0, 0.05) is 18.2 Å². The van der Waals surface area contributed by atoms with Gasteiger partial charge in [-0.05, 0) is 36.8 Å². The van der Waals surface area contributed by atoms with Gasteiger partial charge in [-0.3, -0.25) is 9.59 Å². The minimum absolute atomic E-state index is 0.240. The van der Waals surface area contributed by atoms with E-state index >= 15 is 0 Å². The summed E-state index contributed by atoms with van der Waals surface area (Å²) < 4.78 is 18.0. The van der Waals surface area contributed by atoms with Crippen LogP contribution in [0, 0.1) is 0 Å². The molecular formula is C24H28N4O5. The molecule has 0 saturated heterocycles. The zero-order chi connectivity index (χ0) is 23.6. The number of aromatic nitrogens is 2. The van der Waals surface area contributed by atoms with E-state index in [0.29, 0.717) is 34.3 Å². The minimum Gasteiger partial charge on any atom is -0.495 e. The van der Waals surface area contributed by atoms with E-state index in [2.05, 4.69) is 22.7 Å². The minimum atomic E-state index is -0.358.